The van der Waals surface area contributed by atoms with Crippen LogP contribution in [0.3, 0.4) is 0 Å². The van der Waals surface area contributed by atoms with Gasteiger partial charge >= 0.3 is 0 Å². The molecule has 0 aromatic carbocycles. The fourth-order valence-electron chi connectivity index (χ4n) is 3.98. The van der Waals surface area contributed by atoms with Gasteiger partial charge in [0.25, 0.3) is 5.91 Å². The van der Waals surface area contributed by atoms with E-state index in [1.807, 2.05) is 13.0 Å². The van der Waals surface area contributed by atoms with E-state index in [0.29, 0.717) is 30.5 Å². The number of amides is 1. The molecule has 9 nitrogen and oxygen atoms in total. The number of ether oxygens (including phenoxy) is 1. The molecular formula is C22H26N6O3. The lowest BCUT2D eigenvalue weighted by Crippen LogP contribution is -2.39. The van der Waals surface area contributed by atoms with E-state index in [-0.39, 0.29) is 23.2 Å². The lowest BCUT2D eigenvalue weighted by atomic mass is 9.96. The fourth-order valence-corrected chi connectivity index (χ4v) is 3.98. The van der Waals surface area contributed by atoms with Crippen molar-refractivity contribution < 1.29 is 13.9 Å². The lowest BCUT2D eigenvalue weighted by Gasteiger charge is -2.30. The molecule has 9 heteroatoms. The number of anilines is 1. The largest absolute Gasteiger partial charge is 0.481 e. The first-order valence-corrected chi connectivity index (χ1v) is 10.7. The molecule has 1 saturated carbocycles. The third-order valence-electron chi connectivity index (χ3n) is 6.13. The van der Waals surface area contributed by atoms with Crippen LogP contribution in [-0.4, -0.2) is 56.5 Å². The smallest absolute Gasteiger partial charge is 0.291 e. The summed E-state index contributed by atoms with van der Waals surface area (Å²) in [4.78, 5) is 32.9. The van der Waals surface area contributed by atoms with Crippen LogP contribution in [-0.2, 0) is 0 Å². The number of rotatable bonds is 5. The van der Waals surface area contributed by atoms with E-state index in [9.17, 15) is 4.79 Å². The average molecular weight is 422 g/mol. The number of hydrogen-bond donors (Lipinski definition) is 1. The fraction of sp³-hybridized carbons (Fsp3) is 0.500. The summed E-state index contributed by atoms with van der Waals surface area (Å²) in [6, 6.07) is 3.65. The highest BCUT2D eigenvalue weighted by Crippen LogP contribution is 2.39. The highest BCUT2D eigenvalue weighted by molar-refractivity contribution is 5.95. The maximum absolute atomic E-state index is 13.2. The number of piperidine rings is 1. The molecule has 1 saturated heterocycles. The van der Waals surface area contributed by atoms with Gasteiger partial charge in [0.2, 0.25) is 17.4 Å². The Kier molecular flexibility index (Phi) is 4.75. The van der Waals surface area contributed by atoms with Gasteiger partial charge in [-0.25, -0.2) is 9.97 Å². The number of aromatic nitrogens is 4. The van der Waals surface area contributed by atoms with Crippen LogP contribution in [0.5, 0.6) is 5.88 Å². The zero-order valence-electron chi connectivity index (χ0n) is 18.0. The Balaban J connectivity index is 1.34. The Hall–Kier alpha value is -3.23. The second kappa shape index (κ2) is 7.47. The number of carbonyl (C=O) groups excluding carboxylic acids is 1. The van der Waals surface area contributed by atoms with Gasteiger partial charge in [-0.3, -0.25) is 4.79 Å². The third kappa shape index (κ3) is 3.92. The average Bonchev–Trinajstić information content (AvgIpc) is 3.38. The summed E-state index contributed by atoms with van der Waals surface area (Å²) in [6.45, 7) is 5.23. The van der Waals surface area contributed by atoms with Crippen molar-refractivity contribution in [2.75, 3.05) is 25.5 Å². The van der Waals surface area contributed by atoms with Crippen molar-refractivity contribution in [2.24, 2.45) is 0 Å². The van der Waals surface area contributed by atoms with Gasteiger partial charge in [0.05, 0.1) is 12.5 Å². The second-order valence-electron chi connectivity index (χ2n) is 8.68. The second-order valence-corrected chi connectivity index (χ2v) is 8.68. The van der Waals surface area contributed by atoms with Crippen molar-refractivity contribution in [3.8, 4) is 5.88 Å². The van der Waals surface area contributed by atoms with Gasteiger partial charge < -0.3 is 19.4 Å². The van der Waals surface area contributed by atoms with E-state index in [1.54, 1.807) is 24.3 Å². The van der Waals surface area contributed by atoms with Crippen LogP contribution >= 0.6 is 0 Å². The molecular weight excluding hydrogens is 396 g/mol. The predicted octanol–water partition coefficient (Wildman–Crippen LogP) is 3.31. The van der Waals surface area contributed by atoms with E-state index in [2.05, 4.69) is 32.2 Å². The molecule has 0 bridgehead atoms. The van der Waals surface area contributed by atoms with E-state index in [0.717, 1.165) is 42.7 Å². The minimum Gasteiger partial charge on any atom is -0.481 e. The first kappa shape index (κ1) is 19.7. The summed E-state index contributed by atoms with van der Waals surface area (Å²) in [7, 11) is 1.59. The molecule has 1 aliphatic heterocycles. The molecule has 162 valence electrons. The first-order valence-electron chi connectivity index (χ1n) is 10.7. The monoisotopic (exact) mass is 422 g/mol. The van der Waals surface area contributed by atoms with Crippen LogP contribution in [0.2, 0.25) is 0 Å². The number of hydrogen-bond acceptors (Lipinski definition) is 8. The molecule has 2 fully saturated rings. The summed E-state index contributed by atoms with van der Waals surface area (Å²) in [5, 5.41) is 4.29. The quantitative estimate of drug-likeness (QED) is 0.667. The minimum absolute atomic E-state index is 0.0296. The van der Waals surface area contributed by atoms with E-state index < -0.39 is 0 Å². The molecule has 31 heavy (non-hydrogen) atoms. The number of nitrogens with zero attached hydrogens (tertiary/aromatic N) is 5. The Labute approximate surface area is 180 Å². The number of furan rings is 1. The lowest BCUT2D eigenvalue weighted by molar-refractivity contribution is 0.0698. The number of methoxy groups -OCH3 is 1. The van der Waals surface area contributed by atoms with E-state index in [1.165, 1.54) is 0 Å². The van der Waals surface area contributed by atoms with Crippen LogP contribution in [0.1, 0.15) is 60.7 Å². The Morgan fingerprint density at radius 2 is 2.03 bits per heavy atom. The molecule has 1 N–H and O–H groups in total. The van der Waals surface area contributed by atoms with Gasteiger partial charge in [0.1, 0.15) is 17.4 Å². The summed E-state index contributed by atoms with van der Waals surface area (Å²) >= 11 is 0. The molecule has 4 heterocycles. The van der Waals surface area contributed by atoms with E-state index >= 15 is 0 Å². The first-order chi connectivity index (χ1) is 14.9. The van der Waals surface area contributed by atoms with Gasteiger partial charge in [0.15, 0.2) is 0 Å². The molecule has 3 aromatic heterocycles. The molecule has 5 rings (SSSR count). The van der Waals surface area contributed by atoms with Crippen molar-refractivity contribution in [3.63, 3.8) is 0 Å². The normalized spacial score (nSPS) is 18.2. The maximum atomic E-state index is 13.2. The molecule has 0 unspecified atom stereocenters. The number of fused-ring (bicyclic) bond motifs is 1. The molecule has 3 aromatic rings. The van der Waals surface area contributed by atoms with Gasteiger partial charge in [-0.05, 0) is 45.6 Å². The third-order valence-corrected chi connectivity index (χ3v) is 6.13. The zero-order chi connectivity index (χ0) is 21.6. The maximum Gasteiger partial charge on any atom is 0.291 e. The zero-order valence-corrected chi connectivity index (χ0v) is 18.0. The summed E-state index contributed by atoms with van der Waals surface area (Å²) in [5.41, 5.74) is 0.476. The van der Waals surface area contributed by atoms with Crippen LogP contribution in [0.4, 0.5) is 5.82 Å². The molecule has 0 spiro atoms. The van der Waals surface area contributed by atoms with Crippen LogP contribution < -0.4 is 10.1 Å². The van der Waals surface area contributed by atoms with Crippen molar-refractivity contribution in [1.82, 2.24) is 24.8 Å². The van der Waals surface area contributed by atoms with Crippen molar-refractivity contribution in [2.45, 2.75) is 51.0 Å². The van der Waals surface area contributed by atoms with Crippen molar-refractivity contribution in [3.05, 3.63) is 35.7 Å². The Morgan fingerprint density at radius 3 is 2.74 bits per heavy atom. The minimum atomic E-state index is -0.176. The van der Waals surface area contributed by atoms with Gasteiger partial charge in [0, 0.05) is 36.8 Å². The van der Waals surface area contributed by atoms with Gasteiger partial charge in [-0.1, -0.05) is 0 Å². The summed E-state index contributed by atoms with van der Waals surface area (Å²) in [5.74, 6) is 2.93. The number of nitrogens with one attached hydrogen (secondary N) is 1. The summed E-state index contributed by atoms with van der Waals surface area (Å²) in [6.07, 6.45) is 5.44. The highest BCUT2D eigenvalue weighted by atomic mass is 16.5. The van der Waals surface area contributed by atoms with Crippen LogP contribution in [0.25, 0.3) is 11.1 Å². The van der Waals surface area contributed by atoms with Crippen LogP contribution in [0.15, 0.2) is 22.7 Å². The van der Waals surface area contributed by atoms with Crippen molar-refractivity contribution >= 4 is 22.8 Å². The Bertz CT molecular complexity index is 1130. The standard InChI is InChI=1S/C22H26N6O3/c1-13-12-15-18(27-22(2)7-8-22)25-19(26-20(15)31-13)21(29)28-10-5-14(6-11-28)17-23-9-4-16(24-17)30-3/h4,9,12,14H,5-8,10-11H2,1-3H3,(H,25,26,27). The van der Waals surface area contributed by atoms with Crippen molar-refractivity contribution in [1.29, 1.82) is 0 Å². The topological polar surface area (TPSA) is 106 Å². The SMILES string of the molecule is COc1ccnc(C2CCN(C(=O)c3nc(NC4(C)CC4)c4cc(C)oc4n3)CC2)n1. The molecule has 2 aliphatic rings. The van der Waals surface area contributed by atoms with Gasteiger partial charge in [-0.2, -0.15) is 9.97 Å². The molecule has 0 radical (unpaired) electrons. The van der Waals surface area contributed by atoms with Crippen LogP contribution in [0, 0.1) is 6.92 Å². The molecule has 0 atom stereocenters. The number of aryl methyl sites for hydroxylation is 1. The highest BCUT2D eigenvalue weighted by Gasteiger charge is 2.38. The molecule has 1 amide bonds. The van der Waals surface area contributed by atoms with E-state index in [4.69, 9.17) is 9.15 Å². The van der Waals surface area contributed by atoms with Gasteiger partial charge in [-0.15, -0.1) is 0 Å². The predicted molar refractivity (Wildman–Crippen MR) is 114 cm³/mol. The molecule has 1 aliphatic carbocycles. The number of likely N-dealkylation sites (tertiary alicyclic amines) is 1. The number of carbonyl (C=O) groups is 1. The Morgan fingerprint density at radius 1 is 1.26 bits per heavy atom. The summed E-state index contributed by atoms with van der Waals surface area (Å²) < 4.78 is 10.9.